The van der Waals surface area contributed by atoms with Gasteiger partial charge in [-0.1, -0.05) is 18.9 Å². The first-order chi connectivity index (χ1) is 10.3. The van der Waals surface area contributed by atoms with Crippen LogP contribution in [-0.4, -0.2) is 35.0 Å². The molecule has 2 aromatic rings. The summed E-state index contributed by atoms with van der Waals surface area (Å²) in [5, 5.41) is 6.87. The van der Waals surface area contributed by atoms with Crippen molar-refractivity contribution in [1.82, 2.24) is 20.0 Å². The van der Waals surface area contributed by atoms with E-state index < -0.39 is 0 Å². The smallest absolute Gasteiger partial charge is 0.191 e. The number of nitrogens with zero attached hydrogens (tertiary/aromatic N) is 3. The van der Waals surface area contributed by atoms with Crippen molar-refractivity contribution in [2.24, 2.45) is 4.99 Å². The average Bonchev–Trinajstić information content (AvgIpc) is 3.14. The van der Waals surface area contributed by atoms with Crippen LogP contribution in [0.5, 0.6) is 0 Å². The van der Waals surface area contributed by atoms with Gasteiger partial charge in [-0.15, -0.1) is 0 Å². The van der Waals surface area contributed by atoms with Gasteiger partial charge in [-0.2, -0.15) is 0 Å². The molecule has 0 aliphatic heterocycles. The molecule has 2 aromatic heterocycles. The summed E-state index contributed by atoms with van der Waals surface area (Å²) in [5.74, 6) is 0.908. The molecule has 0 spiro atoms. The fourth-order valence-corrected chi connectivity index (χ4v) is 2.87. The van der Waals surface area contributed by atoms with E-state index in [0.717, 1.165) is 30.3 Å². The van der Waals surface area contributed by atoms with Crippen LogP contribution in [0.25, 0.3) is 5.65 Å². The molecule has 0 amide bonds. The molecule has 5 heteroatoms. The van der Waals surface area contributed by atoms with Crippen molar-refractivity contribution in [1.29, 1.82) is 0 Å². The summed E-state index contributed by atoms with van der Waals surface area (Å²) in [6, 6.07) is 6.64. The van der Waals surface area contributed by atoms with Crippen molar-refractivity contribution in [2.75, 3.05) is 13.6 Å². The minimum absolute atomic E-state index is 0.589. The fourth-order valence-electron chi connectivity index (χ4n) is 2.87. The maximum Gasteiger partial charge on any atom is 0.191 e. The Hall–Kier alpha value is -2.04. The second-order valence-corrected chi connectivity index (χ2v) is 5.57. The van der Waals surface area contributed by atoms with Gasteiger partial charge in [-0.3, -0.25) is 4.99 Å². The quantitative estimate of drug-likeness (QED) is 0.667. The molecule has 112 valence electrons. The van der Waals surface area contributed by atoms with Crippen molar-refractivity contribution in [2.45, 2.75) is 38.1 Å². The zero-order chi connectivity index (χ0) is 14.5. The normalized spacial score (nSPS) is 16.5. The lowest BCUT2D eigenvalue weighted by molar-refractivity contribution is 0.613. The van der Waals surface area contributed by atoms with Crippen molar-refractivity contribution in [3.63, 3.8) is 0 Å². The SMILES string of the molecule is CN=C(NCCc1cn2ccccc2n1)NC1CCCC1. The number of fused-ring (bicyclic) bond motifs is 1. The van der Waals surface area contributed by atoms with Gasteiger partial charge in [0.25, 0.3) is 0 Å². The molecular formula is C16H23N5. The molecule has 0 bridgehead atoms. The molecule has 1 fully saturated rings. The molecule has 5 nitrogen and oxygen atoms in total. The van der Waals surface area contributed by atoms with Gasteiger partial charge in [-0.05, 0) is 25.0 Å². The van der Waals surface area contributed by atoms with Crippen LogP contribution in [0, 0.1) is 0 Å². The average molecular weight is 285 g/mol. The summed E-state index contributed by atoms with van der Waals surface area (Å²) in [7, 11) is 1.83. The Morgan fingerprint density at radius 1 is 1.38 bits per heavy atom. The highest BCUT2D eigenvalue weighted by Gasteiger charge is 2.15. The topological polar surface area (TPSA) is 53.7 Å². The lowest BCUT2D eigenvalue weighted by Crippen LogP contribution is -2.43. The van der Waals surface area contributed by atoms with Gasteiger partial charge >= 0.3 is 0 Å². The van der Waals surface area contributed by atoms with E-state index in [9.17, 15) is 0 Å². The van der Waals surface area contributed by atoms with Gasteiger partial charge in [-0.25, -0.2) is 4.98 Å². The molecule has 0 aromatic carbocycles. The first kappa shape index (κ1) is 13.9. The van der Waals surface area contributed by atoms with Crippen LogP contribution in [0.1, 0.15) is 31.4 Å². The largest absolute Gasteiger partial charge is 0.356 e. The first-order valence-electron chi connectivity index (χ1n) is 7.75. The third kappa shape index (κ3) is 3.54. The van der Waals surface area contributed by atoms with Gasteiger partial charge in [0, 0.05) is 38.4 Å². The van der Waals surface area contributed by atoms with E-state index in [1.807, 2.05) is 31.4 Å². The number of imidazole rings is 1. The van der Waals surface area contributed by atoms with Crippen LogP contribution in [0.15, 0.2) is 35.6 Å². The third-order valence-corrected chi connectivity index (χ3v) is 4.01. The monoisotopic (exact) mass is 285 g/mol. The van der Waals surface area contributed by atoms with E-state index in [2.05, 4.69) is 31.2 Å². The Kier molecular flexibility index (Phi) is 4.38. The highest BCUT2D eigenvalue weighted by Crippen LogP contribution is 2.17. The highest BCUT2D eigenvalue weighted by molar-refractivity contribution is 5.79. The predicted octanol–water partition coefficient (Wildman–Crippen LogP) is 1.98. The first-order valence-corrected chi connectivity index (χ1v) is 7.75. The minimum atomic E-state index is 0.589. The Labute approximate surface area is 125 Å². The second-order valence-electron chi connectivity index (χ2n) is 5.57. The van der Waals surface area contributed by atoms with Crippen molar-refractivity contribution in [3.8, 4) is 0 Å². The van der Waals surface area contributed by atoms with Crippen molar-refractivity contribution in [3.05, 3.63) is 36.3 Å². The zero-order valence-corrected chi connectivity index (χ0v) is 12.5. The van der Waals surface area contributed by atoms with Crippen LogP contribution >= 0.6 is 0 Å². The number of guanidine groups is 1. The molecule has 1 aliphatic carbocycles. The van der Waals surface area contributed by atoms with Gasteiger partial charge in [0.1, 0.15) is 5.65 Å². The van der Waals surface area contributed by atoms with E-state index in [1.165, 1.54) is 25.7 Å². The molecule has 1 saturated carbocycles. The Morgan fingerprint density at radius 3 is 3.00 bits per heavy atom. The van der Waals surface area contributed by atoms with E-state index >= 15 is 0 Å². The van der Waals surface area contributed by atoms with E-state index in [0.29, 0.717) is 6.04 Å². The maximum atomic E-state index is 4.60. The summed E-state index contributed by atoms with van der Waals surface area (Å²) < 4.78 is 2.06. The maximum absolute atomic E-state index is 4.60. The second kappa shape index (κ2) is 6.61. The summed E-state index contributed by atoms with van der Waals surface area (Å²) in [4.78, 5) is 8.90. The fraction of sp³-hybridized carbons (Fsp3) is 0.500. The Morgan fingerprint density at radius 2 is 2.24 bits per heavy atom. The standard InChI is InChI=1S/C16H23N5/c1-17-16(20-13-6-2-3-7-13)18-10-9-14-12-21-11-5-4-8-15(21)19-14/h4-5,8,11-13H,2-3,6-7,9-10H2,1H3,(H2,17,18,20). The summed E-state index contributed by atoms with van der Waals surface area (Å²) in [6.07, 6.45) is 10.2. The van der Waals surface area contributed by atoms with Crippen molar-refractivity contribution >= 4 is 11.6 Å². The Balaban J connectivity index is 1.50. The number of pyridine rings is 1. The van der Waals surface area contributed by atoms with Crippen LogP contribution in [0.2, 0.25) is 0 Å². The number of rotatable bonds is 4. The van der Waals surface area contributed by atoms with Crippen LogP contribution in [0.3, 0.4) is 0 Å². The van der Waals surface area contributed by atoms with Gasteiger partial charge < -0.3 is 15.0 Å². The molecular weight excluding hydrogens is 262 g/mol. The van der Waals surface area contributed by atoms with E-state index in [-0.39, 0.29) is 0 Å². The predicted molar refractivity (Wildman–Crippen MR) is 85.6 cm³/mol. The Bertz CT molecular complexity index is 577. The molecule has 2 N–H and O–H groups in total. The zero-order valence-electron chi connectivity index (χ0n) is 12.5. The van der Waals surface area contributed by atoms with Gasteiger partial charge in [0.05, 0.1) is 5.69 Å². The summed E-state index contributed by atoms with van der Waals surface area (Å²) in [6.45, 7) is 0.844. The van der Waals surface area contributed by atoms with E-state index in [4.69, 9.17) is 0 Å². The number of hydrogen-bond donors (Lipinski definition) is 2. The number of aromatic nitrogens is 2. The number of nitrogens with one attached hydrogen (secondary N) is 2. The van der Waals surface area contributed by atoms with Crippen LogP contribution < -0.4 is 10.6 Å². The lowest BCUT2D eigenvalue weighted by Gasteiger charge is -2.16. The molecule has 0 unspecified atom stereocenters. The molecule has 0 atom stereocenters. The van der Waals surface area contributed by atoms with Crippen molar-refractivity contribution < 1.29 is 0 Å². The molecule has 0 radical (unpaired) electrons. The van der Waals surface area contributed by atoms with E-state index in [1.54, 1.807) is 0 Å². The minimum Gasteiger partial charge on any atom is -0.356 e. The number of hydrogen-bond acceptors (Lipinski definition) is 2. The third-order valence-electron chi connectivity index (χ3n) is 4.01. The van der Waals surface area contributed by atoms with Gasteiger partial charge in [0.2, 0.25) is 0 Å². The molecule has 2 heterocycles. The van der Waals surface area contributed by atoms with Crippen LogP contribution in [-0.2, 0) is 6.42 Å². The van der Waals surface area contributed by atoms with Crippen LogP contribution in [0.4, 0.5) is 0 Å². The molecule has 3 rings (SSSR count). The van der Waals surface area contributed by atoms with Gasteiger partial charge in [0.15, 0.2) is 5.96 Å². The molecule has 21 heavy (non-hydrogen) atoms. The number of aliphatic imine (C=N–C) groups is 1. The summed E-state index contributed by atoms with van der Waals surface area (Å²) in [5.41, 5.74) is 2.10. The lowest BCUT2D eigenvalue weighted by atomic mass is 10.2. The highest BCUT2D eigenvalue weighted by atomic mass is 15.2. The molecule has 1 aliphatic rings. The summed E-state index contributed by atoms with van der Waals surface area (Å²) >= 11 is 0. The molecule has 0 saturated heterocycles.